The van der Waals surface area contributed by atoms with Gasteiger partial charge < -0.3 is 11.1 Å². The third-order valence-electron chi connectivity index (χ3n) is 3.89. The molecule has 0 saturated heterocycles. The number of nitrogens with zero attached hydrogens (tertiary/aromatic N) is 2. The summed E-state index contributed by atoms with van der Waals surface area (Å²) in [4.78, 5) is 8.00. The maximum absolute atomic E-state index is 13.2. The second-order valence-corrected chi connectivity index (χ2v) is 5.77. The molecule has 0 aliphatic rings. The minimum atomic E-state index is -4.50. The first-order valence-corrected chi connectivity index (χ1v) is 8.18. The van der Waals surface area contributed by atoms with Crippen molar-refractivity contribution in [2.75, 3.05) is 5.32 Å². The lowest BCUT2D eigenvalue weighted by atomic mass is 10.1. The van der Waals surface area contributed by atoms with Crippen molar-refractivity contribution in [1.29, 1.82) is 0 Å². The second kappa shape index (κ2) is 7.90. The number of anilines is 1. The molecule has 27 heavy (non-hydrogen) atoms. The summed E-state index contributed by atoms with van der Waals surface area (Å²) in [6, 6.07) is 15.9. The summed E-state index contributed by atoms with van der Waals surface area (Å²) in [7, 11) is 0. The Morgan fingerprint density at radius 3 is 2.37 bits per heavy atom. The van der Waals surface area contributed by atoms with E-state index in [4.69, 9.17) is 5.73 Å². The summed E-state index contributed by atoms with van der Waals surface area (Å²) in [5, 5.41) is 3.23. The van der Waals surface area contributed by atoms with Crippen LogP contribution in [0.4, 0.5) is 24.5 Å². The molecule has 138 valence electrons. The summed E-state index contributed by atoms with van der Waals surface area (Å²) in [5.74, 6) is 0.00419. The van der Waals surface area contributed by atoms with E-state index in [0.29, 0.717) is 17.8 Å². The van der Waals surface area contributed by atoms with E-state index in [-0.39, 0.29) is 11.5 Å². The molecule has 0 fully saturated rings. The third-order valence-corrected chi connectivity index (χ3v) is 3.89. The Hall–Kier alpha value is -3.35. The van der Waals surface area contributed by atoms with E-state index in [1.54, 1.807) is 30.6 Å². The van der Waals surface area contributed by atoms with Gasteiger partial charge in [0, 0.05) is 30.2 Å². The van der Waals surface area contributed by atoms with E-state index in [0.717, 1.165) is 11.6 Å². The lowest BCUT2D eigenvalue weighted by Gasteiger charge is -2.13. The highest BCUT2D eigenvalue weighted by atomic mass is 19.4. The van der Waals surface area contributed by atoms with Gasteiger partial charge in [-0.3, -0.25) is 4.98 Å². The number of benzene rings is 2. The van der Waals surface area contributed by atoms with Crippen molar-refractivity contribution in [2.45, 2.75) is 12.7 Å². The number of aromatic nitrogens is 1. The highest BCUT2D eigenvalue weighted by Crippen LogP contribution is 2.36. The molecule has 1 aromatic heterocycles. The molecule has 0 unspecified atom stereocenters. The number of hydrogen-bond acceptors (Lipinski definition) is 3. The predicted molar refractivity (Wildman–Crippen MR) is 99.8 cm³/mol. The standard InChI is InChI=1S/C20H17F3N4/c21-20(22,23)16-6-2-4-8-18(16)27-19(24)15-5-1-3-7-17(15)26-13-14-9-11-25-12-10-14/h1-12,26H,13H2,(H2,24,27). The number of alkyl halides is 3. The van der Waals surface area contributed by atoms with Gasteiger partial charge in [0.05, 0.1) is 11.3 Å². The van der Waals surface area contributed by atoms with Crippen LogP contribution in [0.3, 0.4) is 0 Å². The molecule has 0 amide bonds. The molecule has 7 heteroatoms. The lowest BCUT2D eigenvalue weighted by Crippen LogP contribution is -2.16. The number of hydrogen-bond donors (Lipinski definition) is 2. The van der Waals surface area contributed by atoms with Gasteiger partial charge in [-0.2, -0.15) is 13.2 Å². The van der Waals surface area contributed by atoms with E-state index in [9.17, 15) is 13.2 Å². The summed E-state index contributed by atoms with van der Waals surface area (Å²) in [5.41, 5.74) is 7.22. The summed E-state index contributed by atoms with van der Waals surface area (Å²) in [6.45, 7) is 0.520. The summed E-state index contributed by atoms with van der Waals surface area (Å²) < 4.78 is 39.5. The molecule has 0 aliphatic heterocycles. The van der Waals surface area contributed by atoms with Crippen LogP contribution < -0.4 is 11.1 Å². The van der Waals surface area contributed by atoms with Crippen LogP contribution in [0.15, 0.2) is 78.0 Å². The maximum atomic E-state index is 13.2. The molecule has 2 aromatic carbocycles. The Morgan fingerprint density at radius 2 is 1.63 bits per heavy atom. The zero-order chi connectivity index (χ0) is 19.3. The van der Waals surface area contributed by atoms with E-state index in [1.807, 2.05) is 18.2 Å². The van der Waals surface area contributed by atoms with Crippen molar-refractivity contribution in [3.05, 3.63) is 89.7 Å². The van der Waals surface area contributed by atoms with Crippen molar-refractivity contribution < 1.29 is 13.2 Å². The van der Waals surface area contributed by atoms with Crippen molar-refractivity contribution in [2.24, 2.45) is 10.7 Å². The molecule has 0 saturated carbocycles. The molecule has 0 aliphatic carbocycles. The van der Waals surface area contributed by atoms with Gasteiger partial charge in [-0.15, -0.1) is 0 Å². The van der Waals surface area contributed by atoms with Gasteiger partial charge in [-0.05, 0) is 42.0 Å². The van der Waals surface area contributed by atoms with Crippen LogP contribution in [0.2, 0.25) is 0 Å². The van der Waals surface area contributed by atoms with Crippen LogP contribution in [-0.4, -0.2) is 10.8 Å². The minimum absolute atomic E-state index is 0.00419. The van der Waals surface area contributed by atoms with Crippen molar-refractivity contribution >= 4 is 17.2 Å². The normalized spacial score (nSPS) is 12.0. The number of pyridine rings is 1. The Morgan fingerprint density at radius 1 is 0.963 bits per heavy atom. The van der Waals surface area contributed by atoms with Gasteiger partial charge >= 0.3 is 6.18 Å². The van der Waals surface area contributed by atoms with Crippen molar-refractivity contribution in [3.8, 4) is 0 Å². The molecule has 4 nitrogen and oxygen atoms in total. The van der Waals surface area contributed by atoms with Crippen LogP contribution in [0.5, 0.6) is 0 Å². The van der Waals surface area contributed by atoms with E-state index in [1.165, 1.54) is 18.2 Å². The number of rotatable bonds is 5. The van der Waals surface area contributed by atoms with Crippen LogP contribution in [0.25, 0.3) is 0 Å². The number of nitrogens with one attached hydrogen (secondary N) is 1. The van der Waals surface area contributed by atoms with E-state index >= 15 is 0 Å². The Balaban J connectivity index is 1.90. The van der Waals surface area contributed by atoms with Crippen molar-refractivity contribution in [1.82, 2.24) is 4.98 Å². The number of nitrogens with two attached hydrogens (primary N) is 1. The molecular formula is C20H17F3N4. The van der Waals surface area contributed by atoms with E-state index < -0.39 is 11.7 Å². The molecule has 0 atom stereocenters. The smallest absolute Gasteiger partial charge is 0.383 e. The molecule has 0 bridgehead atoms. The molecule has 0 spiro atoms. The van der Waals surface area contributed by atoms with Crippen LogP contribution >= 0.6 is 0 Å². The minimum Gasteiger partial charge on any atom is -0.383 e. The highest BCUT2D eigenvalue weighted by molar-refractivity contribution is 6.03. The fraction of sp³-hybridized carbons (Fsp3) is 0.100. The van der Waals surface area contributed by atoms with E-state index in [2.05, 4.69) is 15.3 Å². The topological polar surface area (TPSA) is 63.3 Å². The fourth-order valence-corrected chi connectivity index (χ4v) is 2.56. The highest BCUT2D eigenvalue weighted by Gasteiger charge is 2.33. The first-order chi connectivity index (χ1) is 12.9. The predicted octanol–water partition coefficient (Wildman–Crippen LogP) is 4.75. The second-order valence-electron chi connectivity index (χ2n) is 5.77. The summed E-state index contributed by atoms with van der Waals surface area (Å²) >= 11 is 0. The SMILES string of the molecule is NC(=Nc1ccccc1C(F)(F)F)c1ccccc1NCc1ccncc1. The monoisotopic (exact) mass is 370 g/mol. The Labute approximate surface area is 154 Å². The quantitative estimate of drug-likeness (QED) is 0.503. The molecule has 1 heterocycles. The fourth-order valence-electron chi connectivity index (χ4n) is 2.56. The van der Waals surface area contributed by atoms with Gasteiger partial charge in [0.15, 0.2) is 0 Å². The van der Waals surface area contributed by atoms with Gasteiger partial charge in [0.1, 0.15) is 5.84 Å². The zero-order valence-electron chi connectivity index (χ0n) is 14.2. The Bertz CT molecular complexity index is 937. The number of amidine groups is 1. The maximum Gasteiger partial charge on any atom is 0.418 e. The number of para-hydroxylation sites is 2. The first-order valence-electron chi connectivity index (χ1n) is 8.18. The van der Waals surface area contributed by atoms with Gasteiger partial charge in [0.2, 0.25) is 0 Å². The number of aliphatic imine (C=N–C) groups is 1. The molecule has 3 rings (SSSR count). The van der Waals surface area contributed by atoms with Crippen LogP contribution in [-0.2, 0) is 12.7 Å². The van der Waals surface area contributed by atoms with Gasteiger partial charge in [0.25, 0.3) is 0 Å². The zero-order valence-corrected chi connectivity index (χ0v) is 14.2. The lowest BCUT2D eigenvalue weighted by molar-refractivity contribution is -0.137. The first kappa shape index (κ1) is 18.4. The molecular weight excluding hydrogens is 353 g/mol. The molecule has 3 aromatic rings. The Kier molecular flexibility index (Phi) is 5.40. The number of halogens is 3. The molecule has 0 radical (unpaired) electrons. The van der Waals surface area contributed by atoms with Gasteiger partial charge in [-0.1, -0.05) is 24.3 Å². The van der Waals surface area contributed by atoms with Crippen LogP contribution in [0.1, 0.15) is 16.7 Å². The average Bonchev–Trinajstić information content (AvgIpc) is 2.67. The van der Waals surface area contributed by atoms with Crippen LogP contribution in [0, 0.1) is 0 Å². The van der Waals surface area contributed by atoms with Gasteiger partial charge in [-0.25, -0.2) is 4.99 Å². The molecule has 3 N–H and O–H groups in total. The van der Waals surface area contributed by atoms with Crippen molar-refractivity contribution in [3.63, 3.8) is 0 Å². The summed E-state index contributed by atoms with van der Waals surface area (Å²) in [6.07, 6.45) is -1.13. The average molecular weight is 370 g/mol. The largest absolute Gasteiger partial charge is 0.418 e. The third kappa shape index (κ3) is 4.63.